The Morgan fingerprint density at radius 2 is 0.915 bits per heavy atom. The van der Waals surface area contributed by atoms with Gasteiger partial charge in [-0.05, 0) is 75.2 Å². The summed E-state index contributed by atoms with van der Waals surface area (Å²) in [7, 11) is 5.00. The number of rotatable bonds is 2. The summed E-state index contributed by atoms with van der Waals surface area (Å²) in [6.45, 7) is 5.05. The van der Waals surface area contributed by atoms with Gasteiger partial charge in [-0.1, -0.05) is 99.2 Å². The topological polar surface area (TPSA) is 32.3 Å². The number of quaternary nitrogens is 1. The molecule has 246 valence electrons. The van der Waals surface area contributed by atoms with E-state index in [1.807, 2.05) is 35.9 Å². The van der Waals surface area contributed by atoms with Gasteiger partial charge in [0.05, 0.1) is 47.3 Å². The smallest absolute Gasteiger partial charge is 0.147 e. The van der Waals surface area contributed by atoms with Gasteiger partial charge < -0.3 is 14.3 Å². The van der Waals surface area contributed by atoms with E-state index in [4.69, 9.17) is 9.97 Å². The zero-order chi connectivity index (χ0) is 32.4. The third-order valence-electron chi connectivity index (χ3n) is 11.3. The van der Waals surface area contributed by atoms with Gasteiger partial charge in [0.25, 0.3) is 0 Å². The molecule has 0 saturated carbocycles. The fourth-order valence-electron chi connectivity index (χ4n) is 8.10. The number of para-hydroxylation sites is 2. The zero-order valence-corrected chi connectivity index (χ0v) is 30.1. The minimum absolute atomic E-state index is 0.309. The van der Waals surface area contributed by atoms with Gasteiger partial charge in [-0.25, -0.2) is 9.97 Å². The highest BCUT2D eigenvalue weighted by Crippen LogP contribution is 2.51. The van der Waals surface area contributed by atoms with Crippen molar-refractivity contribution in [3.63, 3.8) is 0 Å². The number of hydrogen-bond acceptors (Lipinski definition) is 6. The predicted octanol–water partition coefficient (Wildman–Crippen LogP) is 10.9. The minimum Gasteiger partial charge on any atom is -0.321 e. The summed E-state index contributed by atoms with van der Waals surface area (Å²) in [6.07, 6.45) is 16.7. The van der Waals surface area contributed by atoms with Crippen molar-refractivity contribution in [1.82, 2.24) is 9.97 Å². The van der Waals surface area contributed by atoms with Crippen LogP contribution >= 0.6 is 23.5 Å². The number of fused-ring (bicyclic) bond motifs is 4. The van der Waals surface area contributed by atoms with E-state index in [-0.39, 0.29) is 0 Å². The molecule has 0 aliphatic carbocycles. The van der Waals surface area contributed by atoms with Crippen LogP contribution in [0, 0.1) is 0 Å². The highest BCUT2D eigenvalue weighted by atomic mass is 32.2. The lowest BCUT2D eigenvalue weighted by atomic mass is 9.91. The molecule has 5 nitrogen and oxygen atoms in total. The molecule has 2 aromatic heterocycles. The number of benzene rings is 2. The fraction of sp³-hybridized carbons (Fsp3) is 0.450. The maximum absolute atomic E-state index is 5.06. The van der Waals surface area contributed by atoms with Crippen LogP contribution in [0.4, 0.5) is 23.0 Å². The number of anilines is 4. The number of likely N-dealkylation sites (N-methyl/N-ethyl adjacent to an activating group) is 1. The van der Waals surface area contributed by atoms with Crippen molar-refractivity contribution in [1.29, 1.82) is 0 Å². The molecular weight excluding hydrogens is 615 g/mol. The molecule has 3 aliphatic heterocycles. The molecule has 4 atom stereocenters. The number of nitrogens with zero attached hydrogens (tertiary/aromatic N) is 5. The summed E-state index contributed by atoms with van der Waals surface area (Å²) in [6, 6.07) is 28.0. The lowest BCUT2D eigenvalue weighted by Crippen LogP contribution is -2.65. The fourth-order valence-corrected chi connectivity index (χ4v) is 10.2. The average molecular weight is 665 g/mol. The third kappa shape index (κ3) is 6.43. The van der Waals surface area contributed by atoms with Gasteiger partial charge in [-0.3, -0.25) is 0 Å². The summed E-state index contributed by atoms with van der Waals surface area (Å²) >= 11 is 3.73. The molecule has 0 amide bonds. The molecule has 0 radical (unpaired) electrons. The predicted molar refractivity (Wildman–Crippen MR) is 199 cm³/mol. The monoisotopic (exact) mass is 664 g/mol. The van der Waals surface area contributed by atoms with Crippen LogP contribution in [-0.2, 0) is 0 Å². The van der Waals surface area contributed by atoms with Gasteiger partial charge in [0.2, 0.25) is 0 Å². The van der Waals surface area contributed by atoms with Crippen LogP contribution in [0.15, 0.2) is 105 Å². The van der Waals surface area contributed by atoms with Crippen molar-refractivity contribution in [2.24, 2.45) is 0 Å². The number of aromatic nitrogens is 2. The largest absolute Gasteiger partial charge is 0.321 e. The van der Waals surface area contributed by atoms with E-state index < -0.39 is 0 Å². The molecule has 2 aromatic carbocycles. The van der Waals surface area contributed by atoms with Crippen LogP contribution in [0.2, 0.25) is 0 Å². The van der Waals surface area contributed by atoms with Crippen LogP contribution in [0.25, 0.3) is 0 Å². The van der Waals surface area contributed by atoms with Crippen molar-refractivity contribution in [3.05, 3.63) is 85.2 Å². The average Bonchev–Trinajstić information content (AvgIpc) is 3.10. The van der Waals surface area contributed by atoms with Crippen LogP contribution in [-0.4, -0.2) is 52.7 Å². The zero-order valence-electron chi connectivity index (χ0n) is 28.5. The van der Waals surface area contributed by atoms with Gasteiger partial charge in [0, 0.05) is 22.2 Å². The second-order valence-corrected chi connectivity index (χ2v) is 16.3. The van der Waals surface area contributed by atoms with Gasteiger partial charge >= 0.3 is 0 Å². The Balaban J connectivity index is 1.32. The van der Waals surface area contributed by atoms with E-state index in [9.17, 15) is 0 Å². The molecule has 7 rings (SSSR count). The van der Waals surface area contributed by atoms with E-state index in [1.54, 1.807) is 0 Å². The van der Waals surface area contributed by atoms with E-state index in [0.29, 0.717) is 24.2 Å². The summed E-state index contributed by atoms with van der Waals surface area (Å²) < 4.78 is 0.914. The van der Waals surface area contributed by atoms with Gasteiger partial charge in [-0.2, -0.15) is 0 Å². The van der Waals surface area contributed by atoms with E-state index in [0.717, 1.165) is 29.0 Å². The Hall–Kier alpha value is -3.00. The molecule has 1 fully saturated rings. The van der Waals surface area contributed by atoms with E-state index in [2.05, 4.69) is 111 Å². The molecule has 47 heavy (non-hydrogen) atoms. The van der Waals surface area contributed by atoms with Crippen molar-refractivity contribution < 1.29 is 4.48 Å². The van der Waals surface area contributed by atoms with Crippen LogP contribution in [0.3, 0.4) is 0 Å². The van der Waals surface area contributed by atoms with Crippen molar-refractivity contribution in [2.75, 3.05) is 23.9 Å². The highest BCUT2D eigenvalue weighted by molar-refractivity contribution is 8.00. The first-order valence-electron chi connectivity index (χ1n) is 17.8. The van der Waals surface area contributed by atoms with E-state index >= 15 is 0 Å². The maximum atomic E-state index is 5.06. The molecule has 0 spiro atoms. The Labute approximate surface area is 290 Å². The Morgan fingerprint density at radius 3 is 1.36 bits per heavy atom. The lowest BCUT2D eigenvalue weighted by molar-refractivity contribution is -0.936. The van der Waals surface area contributed by atoms with Crippen molar-refractivity contribution in [2.45, 2.75) is 122 Å². The summed E-state index contributed by atoms with van der Waals surface area (Å²) in [4.78, 5) is 20.6. The first kappa shape index (κ1) is 32.5. The van der Waals surface area contributed by atoms with Gasteiger partial charge in [-0.15, -0.1) is 0 Å². The quantitative estimate of drug-likeness (QED) is 0.198. The first-order valence-corrected chi connectivity index (χ1v) is 19.4. The molecule has 7 heteroatoms. The van der Waals surface area contributed by atoms with E-state index in [1.165, 1.54) is 82.3 Å². The lowest BCUT2D eigenvalue weighted by Gasteiger charge is -2.52. The second kappa shape index (κ2) is 14.2. The second-order valence-electron chi connectivity index (χ2n) is 14.2. The van der Waals surface area contributed by atoms with Gasteiger partial charge in [0.15, 0.2) is 0 Å². The minimum atomic E-state index is 0.309. The molecular formula is C40H50N5S2+. The standard InChI is InChI=1S/C40H50N5S2/c1-29-31(43-33-21-13-15-23-35(33)46-37-25-17-27-41-39(37)43)19-11-9-7-5-6-8-10-12-20-32(30(2)45(29,3)4)44-34-22-14-16-24-36(34)47-38-26-18-28-42-40(38)44/h13-18,21-32H,5-12,19-20H2,1-4H3/q+1. The third-order valence-corrected chi connectivity index (χ3v) is 13.5. The van der Waals surface area contributed by atoms with Gasteiger partial charge in [0.1, 0.15) is 23.7 Å². The molecule has 3 aliphatic rings. The number of hydrogen-bond donors (Lipinski definition) is 0. The van der Waals surface area contributed by atoms with Crippen LogP contribution in [0.5, 0.6) is 0 Å². The summed E-state index contributed by atoms with van der Waals surface area (Å²) in [5, 5.41) is 0. The molecule has 1 saturated heterocycles. The molecule has 4 aromatic rings. The molecule has 4 unspecified atom stereocenters. The van der Waals surface area contributed by atoms with Crippen LogP contribution in [0.1, 0.15) is 78.1 Å². The highest BCUT2D eigenvalue weighted by Gasteiger charge is 2.46. The Kier molecular flexibility index (Phi) is 9.86. The van der Waals surface area contributed by atoms with Crippen molar-refractivity contribution in [3.8, 4) is 0 Å². The molecule has 0 N–H and O–H groups in total. The summed E-state index contributed by atoms with van der Waals surface area (Å²) in [5.74, 6) is 2.24. The number of pyridine rings is 2. The maximum Gasteiger partial charge on any atom is 0.147 e. The van der Waals surface area contributed by atoms with Crippen LogP contribution < -0.4 is 9.80 Å². The molecule has 5 heterocycles. The Bertz CT molecular complexity index is 1460. The van der Waals surface area contributed by atoms with Crippen molar-refractivity contribution >= 4 is 46.5 Å². The SMILES string of the molecule is CC1C(N2c3ccccc3Sc3cccnc32)CCCCCCCCCCC(N2c3ccccc3Sc3cccnc32)C(C)[N+]1(C)C. The summed E-state index contributed by atoms with van der Waals surface area (Å²) in [5.41, 5.74) is 2.62. The first-order chi connectivity index (χ1) is 22.9. The normalized spacial score (nSPS) is 24.9. The Morgan fingerprint density at radius 1 is 0.532 bits per heavy atom. The molecule has 0 bridgehead atoms.